The number of anilines is 1. The van der Waals surface area contributed by atoms with Gasteiger partial charge < -0.3 is 4.57 Å². The van der Waals surface area contributed by atoms with E-state index in [1.807, 2.05) is 18.2 Å². The summed E-state index contributed by atoms with van der Waals surface area (Å²) in [6.07, 6.45) is 7.02. The van der Waals surface area contributed by atoms with Crippen molar-refractivity contribution in [3.8, 4) is 0 Å². The van der Waals surface area contributed by atoms with Crippen LogP contribution in [0.4, 0.5) is 5.95 Å². The molecule has 1 saturated heterocycles. The number of halogens is 1. The maximum atomic E-state index is 13.0. The Bertz CT molecular complexity index is 1160. The van der Waals surface area contributed by atoms with Crippen LogP contribution in [0.15, 0.2) is 48.5 Å². The van der Waals surface area contributed by atoms with Gasteiger partial charge in [-0.2, -0.15) is 0 Å². The Labute approximate surface area is 205 Å². The first-order chi connectivity index (χ1) is 16.6. The Morgan fingerprint density at radius 2 is 1.71 bits per heavy atom. The lowest BCUT2D eigenvalue weighted by molar-refractivity contribution is -0.116. The van der Waals surface area contributed by atoms with Crippen molar-refractivity contribution < 1.29 is 9.59 Å². The Hall–Kier alpha value is -2.70. The number of rotatable bonds is 6. The molecule has 1 aromatic heterocycles. The number of aromatic nitrogens is 2. The summed E-state index contributed by atoms with van der Waals surface area (Å²) in [5.41, 5.74) is 3.78. The molecule has 0 spiro atoms. The quantitative estimate of drug-likeness (QED) is 0.456. The van der Waals surface area contributed by atoms with Crippen molar-refractivity contribution in [2.24, 2.45) is 5.92 Å². The summed E-state index contributed by atoms with van der Waals surface area (Å²) < 4.78 is 2.19. The van der Waals surface area contributed by atoms with Crippen LogP contribution in [0.1, 0.15) is 66.9 Å². The van der Waals surface area contributed by atoms with Crippen LogP contribution < -0.4 is 5.32 Å². The van der Waals surface area contributed by atoms with Gasteiger partial charge in [-0.3, -0.25) is 19.8 Å². The van der Waals surface area contributed by atoms with Gasteiger partial charge in [0.05, 0.1) is 11.0 Å². The standard InChI is InChI=1S/C27H31ClN4O2/c28-25(33)20-10-12-22(13-11-20)32-24-17-19(18-31-15-5-2-6-16-31)9-14-23(24)29-27(32)30-26(34)21-7-3-1-4-8-21/h1,3-4,7-9,14,17,20,22H,2,5-6,10-13,15-16,18H2,(H,29,30,34). The topological polar surface area (TPSA) is 67.2 Å². The highest BCUT2D eigenvalue weighted by atomic mass is 35.5. The van der Waals surface area contributed by atoms with E-state index in [2.05, 4.69) is 33.0 Å². The molecular weight excluding hydrogens is 448 g/mol. The fraction of sp³-hybridized carbons (Fsp3) is 0.444. The first-order valence-electron chi connectivity index (χ1n) is 12.4. The highest BCUT2D eigenvalue weighted by Crippen LogP contribution is 2.38. The van der Waals surface area contributed by atoms with Crippen molar-refractivity contribution in [1.82, 2.24) is 14.5 Å². The van der Waals surface area contributed by atoms with E-state index in [1.54, 1.807) is 12.1 Å². The fourth-order valence-corrected chi connectivity index (χ4v) is 5.61. The molecular formula is C27H31ClN4O2. The van der Waals surface area contributed by atoms with Crippen molar-refractivity contribution in [2.45, 2.75) is 57.5 Å². The number of nitrogens with one attached hydrogen (secondary N) is 1. The average molecular weight is 479 g/mol. The summed E-state index contributed by atoms with van der Waals surface area (Å²) >= 11 is 5.79. The molecule has 1 amide bonds. The molecule has 2 aliphatic rings. The van der Waals surface area contributed by atoms with Gasteiger partial charge in [0, 0.05) is 24.1 Å². The van der Waals surface area contributed by atoms with Crippen LogP contribution in [0.2, 0.25) is 0 Å². The third-order valence-electron chi connectivity index (χ3n) is 7.25. The first-order valence-corrected chi connectivity index (χ1v) is 12.8. The van der Waals surface area contributed by atoms with Gasteiger partial charge in [-0.15, -0.1) is 0 Å². The molecule has 0 radical (unpaired) electrons. The first kappa shape index (κ1) is 23.1. The number of carbonyl (C=O) groups excluding carboxylic acids is 2. The highest BCUT2D eigenvalue weighted by Gasteiger charge is 2.29. The van der Waals surface area contributed by atoms with E-state index in [-0.39, 0.29) is 23.1 Å². The summed E-state index contributed by atoms with van der Waals surface area (Å²) in [4.78, 5) is 32.0. The van der Waals surface area contributed by atoms with Crippen LogP contribution in [-0.4, -0.2) is 38.7 Å². The van der Waals surface area contributed by atoms with Gasteiger partial charge in [-0.25, -0.2) is 4.98 Å². The van der Waals surface area contributed by atoms with Crippen LogP contribution in [0.3, 0.4) is 0 Å². The smallest absolute Gasteiger partial charge is 0.257 e. The zero-order valence-corrected chi connectivity index (χ0v) is 20.1. The lowest BCUT2D eigenvalue weighted by Gasteiger charge is -2.29. The van der Waals surface area contributed by atoms with Crippen molar-refractivity contribution in [3.63, 3.8) is 0 Å². The second-order valence-corrected chi connectivity index (χ2v) is 9.97. The lowest BCUT2D eigenvalue weighted by atomic mass is 9.86. The predicted octanol–water partition coefficient (Wildman–Crippen LogP) is 5.77. The Morgan fingerprint density at radius 3 is 2.41 bits per heavy atom. The summed E-state index contributed by atoms with van der Waals surface area (Å²) in [6.45, 7) is 3.22. The molecule has 1 N–H and O–H groups in total. The third-order valence-corrected chi connectivity index (χ3v) is 7.56. The third kappa shape index (κ3) is 5.03. The maximum absolute atomic E-state index is 13.0. The van der Waals surface area contributed by atoms with Gasteiger partial charge in [0.25, 0.3) is 5.91 Å². The summed E-state index contributed by atoms with van der Waals surface area (Å²) in [7, 11) is 0. The molecule has 2 aromatic carbocycles. The molecule has 5 rings (SSSR count). The van der Waals surface area contributed by atoms with Gasteiger partial charge in [0.2, 0.25) is 11.2 Å². The maximum Gasteiger partial charge on any atom is 0.257 e. The number of imidazole rings is 1. The largest absolute Gasteiger partial charge is 0.307 e. The Balaban J connectivity index is 1.47. The molecule has 0 unspecified atom stereocenters. The SMILES string of the molecule is O=C(Nc1nc2ccc(CN3CCCCC3)cc2n1C1CCC(C(=O)Cl)CC1)c1ccccc1. The molecule has 6 nitrogen and oxygen atoms in total. The van der Waals surface area contributed by atoms with Crippen LogP contribution >= 0.6 is 11.6 Å². The van der Waals surface area contributed by atoms with Crippen molar-refractivity contribution in [1.29, 1.82) is 0 Å². The normalized spacial score (nSPS) is 21.4. The molecule has 7 heteroatoms. The minimum absolute atomic E-state index is 0.0790. The molecule has 0 bridgehead atoms. The molecule has 1 saturated carbocycles. The number of carbonyl (C=O) groups is 2. The lowest BCUT2D eigenvalue weighted by Crippen LogP contribution is -2.29. The summed E-state index contributed by atoms with van der Waals surface area (Å²) in [5.74, 6) is 0.319. The molecule has 2 fully saturated rings. The van der Waals surface area contributed by atoms with E-state index >= 15 is 0 Å². The summed E-state index contributed by atoms with van der Waals surface area (Å²) in [6, 6.07) is 15.8. The van der Waals surface area contributed by atoms with E-state index in [9.17, 15) is 9.59 Å². The van der Waals surface area contributed by atoms with Crippen LogP contribution in [0.25, 0.3) is 11.0 Å². The number of hydrogen-bond acceptors (Lipinski definition) is 4. The predicted molar refractivity (Wildman–Crippen MR) is 135 cm³/mol. The number of hydrogen-bond donors (Lipinski definition) is 1. The van der Waals surface area contributed by atoms with Gasteiger partial charge in [-0.1, -0.05) is 30.7 Å². The number of fused-ring (bicyclic) bond motifs is 1. The Morgan fingerprint density at radius 1 is 0.971 bits per heavy atom. The zero-order chi connectivity index (χ0) is 23.5. The number of likely N-dealkylation sites (tertiary alicyclic amines) is 1. The number of nitrogens with zero attached hydrogens (tertiary/aromatic N) is 3. The van der Waals surface area contributed by atoms with E-state index in [1.165, 1.54) is 24.8 Å². The van der Waals surface area contributed by atoms with Crippen LogP contribution in [0.5, 0.6) is 0 Å². The van der Waals surface area contributed by atoms with Crippen molar-refractivity contribution >= 4 is 39.7 Å². The molecule has 2 heterocycles. The number of piperidine rings is 1. The monoisotopic (exact) mass is 478 g/mol. The van der Waals surface area contributed by atoms with Crippen molar-refractivity contribution in [2.75, 3.05) is 18.4 Å². The van der Waals surface area contributed by atoms with E-state index < -0.39 is 0 Å². The molecule has 178 valence electrons. The van der Waals surface area contributed by atoms with Crippen molar-refractivity contribution in [3.05, 3.63) is 59.7 Å². The molecule has 1 aliphatic heterocycles. The van der Waals surface area contributed by atoms with E-state index in [0.29, 0.717) is 11.5 Å². The minimum atomic E-state index is -0.240. The zero-order valence-electron chi connectivity index (χ0n) is 19.4. The van der Waals surface area contributed by atoms with Gasteiger partial charge in [-0.05, 0) is 93.0 Å². The summed E-state index contributed by atoms with van der Waals surface area (Å²) in [5, 5.41) is 2.82. The van der Waals surface area contributed by atoms with Gasteiger partial charge >= 0.3 is 0 Å². The Kier molecular flexibility index (Phi) is 6.97. The van der Waals surface area contributed by atoms with E-state index in [4.69, 9.17) is 16.6 Å². The second kappa shape index (κ2) is 10.3. The average Bonchev–Trinajstić information content (AvgIpc) is 3.22. The molecule has 1 aliphatic carbocycles. The highest BCUT2D eigenvalue weighted by molar-refractivity contribution is 6.63. The second-order valence-electron chi connectivity index (χ2n) is 9.59. The van der Waals surface area contributed by atoms with Gasteiger partial charge in [0.15, 0.2) is 0 Å². The van der Waals surface area contributed by atoms with E-state index in [0.717, 1.165) is 56.4 Å². The number of benzene rings is 2. The van der Waals surface area contributed by atoms with Gasteiger partial charge in [0.1, 0.15) is 0 Å². The van der Waals surface area contributed by atoms with Crippen LogP contribution in [-0.2, 0) is 11.3 Å². The molecule has 3 aromatic rings. The molecule has 34 heavy (non-hydrogen) atoms. The fourth-order valence-electron chi connectivity index (χ4n) is 5.39. The minimum Gasteiger partial charge on any atom is -0.307 e. The number of amides is 1. The molecule has 0 atom stereocenters. The van der Waals surface area contributed by atoms with Crippen LogP contribution in [0, 0.1) is 5.92 Å².